The second-order valence-corrected chi connectivity index (χ2v) is 9.45. The Morgan fingerprint density at radius 2 is 2.04 bits per heavy atom. The molecular formula is C17H26BNO6S2. The maximum absolute atomic E-state index is 12.1. The number of nitrogens with one attached hydrogen (secondary N) is 1. The first-order valence-corrected chi connectivity index (χ1v) is 11.4. The fourth-order valence-electron chi connectivity index (χ4n) is 2.88. The number of carbonyl (C=O) groups is 1. The number of unbranched alkanes of at least 4 members (excludes halogenated alkanes) is 1. The molecule has 0 radical (unpaired) electrons. The molecule has 1 aliphatic rings. The molecule has 7 nitrogen and oxygen atoms in total. The summed E-state index contributed by atoms with van der Waals surface area (Å²) < 4.78 is 0. The third kappa shape index (κ3) is 7.46. The highest BCUT2D eigenvalue weighted by molar-refractivity contribution is 8.77. The highest BCUT2D eigenvalue weighted by Crippen LogP contribution is 2.39. The average Bonchev–Trinajstić information content (AvgIpc) is 3.13. The molecule has 0 aliphatic carbocycles. The van der Waals surface area contributed by atoms with Gasteiger partial charge in [-0.15, -0.1) is 0 Å². The summed E-state index contributed by atoms with van der Waals surface area (Å²) >= 11 is 0. The van der Waals surface area contributed by atoms with E-state index in [0.717, 1.165) is 19.3 Å². The summed E-state index contributed by atoms with van der Waals surface area (Å²) in [6.07, 6.45) is 3.00. The number of rotatable bonds is 10. The second kappa shape index (κ2) is 11.1. The lowest BCUT2D eigenvalue weighted by Crippen LogP contribution is -2.47. The van der Waals surface area contributed by atoms with E-state index in [1.807, 2.05) is 21.6 Å². The number of carbonyl (C=O) groups excluding carboxylic acids is 1. The quantitative estimate of drug-likeness (QED) is 0.148. The molecule has 2 rings (SSSR count). The highest BCUT2D eigenvalue weighted by atomic mass is 33.1. The molecule has 0 spiro atoms. The number of phenols is 2. The lowest BCUT2D eigenvalue weighted by molar-refractivity contribution is -0.121. The molecule has 3 atom stereocenters. The number of aromatic hydroxyl groups is 2. The Hall–Kier alpha value is -1.07. The first kappa shape index (κ1) is 22.2. The van der Waals surface area contributed by atoms with Gasteiger partial charge in [0.05, 0.1) is 12.0 Å². The van der Waals surface area contributed by atoms with E-state index in [9.17, 15) is 30.2 Å². The van der Waals surface area contributed by atoms with Crippen LogP contribution in [0.5, 0.6) is 11.5 Å². The topological polar surface area (TPSA) is 130 Å². The van der Waals surface area contributed by atoms with E-state index in [1.54, 1.807) is 0 Å². The number of aliphatic hydroxyl groups excluding tert-OH is 1. The van der Waals surface area contributed by atoms with Gasteiger partial charge >= 0.3 is 7.12 Å². The third-order valence-electron chi connectivity index (χ3n) is 4.47. The van der Waals surface area contributed by atoms with Crippen LogP contribution in [0.25, 0.3) is 0 Å². The standard InChI is InChI=1S/C17H26BNO6S2/c20-13-6-5-11(9-15(13)22)14(21)10-16(18(24)25)19-17(23)4-2-1-3-12-7-8-26-27-12/h5-6,9,12,14,16,20-22,24-25H,1-4,7-8,10H2,(H,19,23)/t12?,14-,16?/m0/s1. The molecule has 6 N–H and O–H groups in total. The Balaban J connectivity index is 1.77. The van der Waals surface area contributed by atoms with Crippen LogP contribution in [0.1, 0.15) is 50.2 Å². The van der Waals surface area contributed by atoms with Gasteiger partial charge in [-0.05, 0) is 43.4 Å². The van der Waals surface area contributed by atoms with E-state index in [1.165, 1.54) is 30.4 Å². The predicted octanol–water partition coefficient (Wildman–Crippen LogP) is 1.73. The van der Waals surface area contributed by atoms with Gasteiger partial charge in [-0.25, -0.2) is 0 Å². The lowest BCUT2D eigenvalue weighted by atomic mass is 9.75. The van der Waals surface area contributed by atoms with Gasteiger partial charge in [0.25, 0.3) is 0 Å². The summed E-state index contributed by atoms with van der Waals surface area (Å²) in [5.41, 5.74) is 0.303. The van der Waals surface area contributed by atoms with E-state index >= 15 is 0 Å². The van der Waals surface area contributed by atoms with Gasteiger partial charge in [-0.3, -0.25) is 4.79 Å². The van der Waals surface area contributed by atoms with Crippen molar-refractivity contribution in [2.24, 2.45) is 0 Å². The van der Waals surface area contributed by atoms with Crippen LogP contribution in [0.4, 0.5) is 0 Å². The minimum atomic E-state index is -1.82. The van der Waals surface area contributed by atoms with Crippen molar-refractivity contribution in [2.45, 2.75) is 55.8 Å². The maximum atomic E-state index is 12.1. The van der Waals surface area contributed by atoms with Crippen molar-refractivity contribution in [2.75, 3.05) is 5.75 Å². The zero-order valence-corrected chi connectivity index (χ0v) is 16.6. The van der Waals surface area contributed by atoms with Crippen molar-refractivity contribution in [3.8, 4) is 11.5 Å². The summed E-state index contributed by atoms with van der Waals surface area (Å²) in [6, 6.07) is 3.85. The molecule has 150 valence electrons. The van der Waals surface area contributed by atoms with E-state index in [-0.39, 0.29) is 23.8 Å². The molecule has 2 unspecified atom stereocenters. The molecule has 1 aliphatic heterocycles. The molecule has 1 fully saturated rings. The molecule has 27 heavy (non-hydrogen) atoms. The smallest absolute Gasteiger partial charge is 0.475 e. The van der Waals surface area contributed by atoms with Gasteiger partial charge in [-0.1, -0.05) is 34.1 Å². The number of benzene rings is 1. The molecule has 1 aromatic rings. The number of amides is 1. The number of aliphatic hydroxyl groups is 1. The zero-order valence-electron chi connectivity index (χ0n) is 15.0. The Labute approximate surface area is 167 Å². The van der Waals surface area contributed by atoms with E-state index < -0.39 is 19.2 Å². The van der Waals surface area contributed by atoms with Crippen molar-refractivity contribution >= 4 is 34.6 Å². The Morgan fingerprint density at radius 1 is 1.26 bits per heavy atom. The molecule has 10 heteroatoms. The van der Waals surface area contributed by atoms with Crippen LogP contribution in [0.2, 0.25) is 0 Å². The van der Waals surface area contributed by atoms with Crippen LogP contribution in [0.15, 0.2) is 18.2 Å². The Morgan fingerprint density at radius 3 is 2.67 bits per heavy atom. The fourth-order valence-corrected chi connectivity index (χ4v) is 5.91. The monoisotopic (exact) mass is 415 g/mol. The van der Waals surface area contributed by atoms with Gasteiger partial charge < -0.3 is 30.7 Å². The van der Waals surface area contributed by atoms with Crippen LogP contribution in [0.3, 0.4) is 0 Å². The SMILES string of the molecule is O=C(CCCCC1CCSS1)NC(C[C@H](O)c1ccc(O)c(O)c1)B(O)O. The van der Waals surface area contributed by atoms with Crippen LogP contribution >= 0.6 is 21.6 Å². The van der Waals surface area contributed by atoms with E-state index in [0.29, 0.717) is 17.2 Å². The van der Waals surface area contributed by atoms with Crippen molar-refractivity contribution in [1.29, 1.82) is 0 Å². The maximum Gasteiger partial charge on any atom is 0.475 e. The van der Waals surface area contributed by atoms with Crippen LogP contribution in [0, 0.1) is 0 Å². The second-order valence-electron chi connectivity index (χ2n) is 6.66. The van der Waals surface area contributed by atoms with Gasteiger partial charge in [0.1, 0.15) is 0 Å². The molecule has 0 saturated carbocycles. The minimum absolute atomic E-state index is 0.135. The van der Waals surface area contributed by atoms with Crippen molar-refractivity contribution in [1.82, 2.24) is 5.32 Å². The van der Waals surface area contributed by atoms with Crippen molar-refractivity contribution in [3.05, 3.63) is 23.8 Å². The first-order chi connectivity index (χ1) is 12.9. The molecule has 0 aromatic heterocycles. The van der Waals surface area contributed by atoms with Crippen LogP contribution in [-0.4, -0.2) is 55.3 Å². The molecule has 1 heterocycles. The zero-order chi connectivity index (χ0) is 19.8. The van der Waals surface area contributed by atoms with E-state index in [2.05, 4.69) is 5.32 Å². The summed E-state index contributed by atoms with van der Waals surface area (Å²) in [7, 11) is 1.98. The average molecular weight is 415 g/mol. The van der Waals surface area contributed by atoms with Crippen LogP contribution in [-0.2, 0) is 4.79 Å². The predicted molar refractivity (Wildman–Crippen MR) is 108 cm³/mol. The molecule has 1 aromatic carbocycles. The van der Waals surface area contributed by atoms with Crippen molar-refractivity contribution < 1.29 is 30.2 Å². The first-order valence-electron chi connectivity index (χ1n) is 9.00. The molecule has 0 bridgehead atoms. The molecule has 1 saturated heterocycles. The highest BCUT2D eigenvalue weighted by Gasteiger charge is 2.28. The summed E-state index contributed by atoms with van der Waals surface area (Å²) in [5, 5.41) is 51.3. The van der Waals surface area contributed by atoms with Gasteiger partial charge in [-0.2, -0.15) is 0 Å². The third-order valence-corrected chi connectivity index (χ3v) is 7.48. The normalized spacial score (nSPS) is 18.9. The molecule has 1 amide bonds. The van der Waals surface area contributed by atoms with Gasteiger partial charge in [0.2, 0.25) is 5.91 Å². The lowest BCUT2D eigenvalue weighted by Gasteiger charge is -2.21. The summed E-state index contributed by atoms with van der Waals surface area (Å²) in [4.78, 5) is 12.1. The van der Waals surface area contributed by atoms with Crippen LogP contribution < -0.4 is 5.32 Å². The number of hydrogen-bond acceptors (Lipinski definition) is 8. The van der Waals surface area contributed by atoms with E-state index in [4.69, 9.17) is 0 Å². The Kier molecular flexibility index (Phi) is 9.11. The Bertz CT molecular complexity index is 615. The summed E-state index contributed by atoms with van der Waals surface area (Å²) in [6.45, 7) is 0. The largest absolute Gasteiger partial charge is 0.504 e. The van der Waals surface area contributed by atoms with Gasteiger partial charge in [0, 0.05) is 17.4 Å². The fraction of sp³-hybridized carbons (Fsp3) is 0.588. The number of phenolic OH excluding ortho intramolecular Hbond substituents is 2. The minimum Gasteiger partial charge on any atom is -0.504 e. The molecular weight excluding hydrogens is 389 g/mol. The number of hydrogen-bond donors (Lipinski definition) is 6. The van der Waals surface area contributed by atoms with Crippen molar-refractivity contribution in [3.63, 3.8) is 0 Å². The van der Waals surface area contributed by atoms with Gasteiger partial charge in [0.15, 0.2) is 11.5 Å². The summed E-state index contributed by atoms with van der Waals surface area (Å²) in [5.74, 6) is -0.830.